The third-order valence-corrected chi connectivity index (χ3v) is 4.62. The first-order chi connectivity index (χ1) is 12.1. The summed E-state index contributed by atoms with van der Waals surface area (Å²) < 4.78 is 4.85. The lowest BCUT2D eigenvalue weighted by Crippen LogP contribution is -2.31. The summed E-state index contributed by atoms with van der Waals surface area (Å²) in [5.74, 6) is 1.76. The molecule has 2 unspecified atom stereocenters. The SMILES string of the molecule is CC.CC(=O)C1=CC2CCN(C)C2CC1.COc1ccccc1OO. The molecule has 25 heavy (non-hydrogen) atoms. The Bertz CT molecular complexity index is 548. The van der Waals surface area contributed by atoms with Crippen LogP contribution >= 0.6 is 0 Å². The number of ether oxygens (including phenoxy) is 1. The maximum absolute atomic E-state index is 11.2. The molecule has 1 aromatic rings. The Labute approximate surface area is 151 Å². The van der Waals surface area contributed by atoms with Crippen molar-refractivity contribution in [3.05, 3.63) is 35.9 Å². The van der Waals surface area contributed by atoms with Gasteiger partial charge in [-0.15, -0.1) is 0 Å². The Morgan fingerprint density at radius 2 is 1.84 bits per heavy atom. The van der Waals surface area contributed by atoms with Crippen LogP contribution in [0.3, 0.4) is 0 Å². The number of Topliss-reactive ketones (excluding diaryl/α,β-unsaturated/α-hetero) is 1. The number of allylic oxidation sites excluding steroid dienone is 1. The third-order valence-electron chi connectivity index (χ3n) is 4.62. The predicted octanol–water partition coefficient (Wildman–Crippen LogP) is 4.19. The van der Waals surface area contributed by atoms with Crippen molar-refractivity contribution in [1.29, 1.82) is 0 Å². The molecule has 0 radical (unpaired) electrons. The summed E-state index contributed by atoms with van der Waals surface area (Å²) in [6.45, 7) is 6.88. The van der Waals surface area contributed by atoms with Crippen LogP contribution in [0, 0.1) is 5.92 Å². The quantitative estimate of drug-likeness (QED) is 0.655. The van der Waals surface area contributed by atoms with E-state index in [0.717, 1.165) is 12.0 Å². The van der Waals surface area contributed by atoms with Gasteiger partial charge >= 0.3 is 0 Å². The number of likely N-dealkylation sites (tertiary alicyclic amines) is 1. The monoisotopic (exact) mass is 349 g/mol. The Kier molecular flexibility index (Phi) is 9.24. The van der Waals surface area contributed by atoms with Crippen molar-refractivity contribution >= 4 is 5.78 Å². The van der Waals surface area contributed by atoms with E-state index in [-0.39, 0.29) is 5.78 Å². The molecular weight excluding hydrogens is 318 g/mol. The number of carbonyl (C=O) groups is 1. The first kappa shape index (κ1) is 21.2. The van der Waals surface area contributed by atoms with Crippen molar-refractivity contribution in [2.75, 3.05) is 20.7 Å². The highest BCUT2D eigenvalue weighted by molar-refractivity contribution is 5.93. The van der Waals surface area contributed by atoms with Crippen LogP contribution in [0.4, 0.5) is 0 Å². The molecule has 5 heteroatoms. The molecule has 1 aliphatic heterocycles. The second-order valence-corrected chi connectivity index (χ2v) is 6.03. The molecule has 140 valence electrons. The Morgan fingerprint density at radius 1 is 1.20 bits per heavy atom. The van der Waals surface area contributed by atoms with Gasteiger partial charge in [-0.2, -0.15) is 0 Å². The van der Waals surface area contributed by atoms with Crippen molar-refractivity contribution < 1.29 is 19.7 Å². The zero-order valence-corrected chi connectivity index (χ0v) is 16.0. The molecule has 5 nitrogen and oxygen atoms in total. The average molecular weight is 349 g/mol. The average Bonchev–Trinajstić information content (AvgIpc) is 3.04. The van der Waals surface area contributed by atoms with Crippen LogP contribution in [0.2, 0.25) is 0 Å². The van der Waals surface area contributed by atoms with Gasteiger partial charge in [0.05, 0.1) is 7.11 Å². The number of hydrogen-bond donors (Lipinski definition) is 1. The fourth-order valence-corrected chi connectivity index (χ4v) is 3.30. The van der Waals surface area contributed by atoms with E-state index in [9.17, 15) is 4.79 Å². The third kappa shape index (κ3) is 5.87. The van der Waals surface area contributed by atoms with E-state index in [1.807, 2.05) is 13.8 Å². The van der Waals surface area contributed by atoms with Crippen molar-refractivity contribution in [1.82, 2.24) is 4.90 Å². The lowest BCUT2D eigenvalue weighted by atomic mass is 9.85. The fourth-order valence-electron chi connectivity index (χ4n) is 3.30. The van der Waals surface area contributed by atoms with Gasteiger partial charge in [0.25, 0.3) is 0 Å². The number of carbonyl (C=O) groups excluding carboxylic acids is 1. The van der Waals surface area contributed by atoms with Gasteiger partial charge in [-0.1, -0.05) is 32.1 Å². The summed E-state index contributed by atoms with van der Waals surface area (Å²) in [6, 6.07) is 7.56. The number of benzene rings is 1. The minimum absolute atomic E-state index is 0.271. The zero-order chi connectivity index (χ0) is 18.8. The van der Waals surface area contributed by atoms with Crippen molar-refractivity contribution in [3.8, 4) is 11.5 Å². The van der Waals surface area contributed by atoms with E-state index < -0.39 is 0 Å². The highest BCUT2D eigenvalue weighted by Gasteiger charge is 2.33. The number of para-hydroxylation sites is 2. The molecule has 0 amide bonds. The van der Waals surface area contributed by atoms with Crippen LogP contribution in [0.15, 0.2) is 35.9 Å². The number of methoxy groups -OCH3 is 1. The molecule has 1 saturated heterocycles. The van der Waals surface area contributed by atoms with E-state index >= 15 is 0 Å². The number of ketones is 1. The maximum atomic E-state index is 11.2. The highest BCUT2D eigenvalue weighted by atomic mass is 17.1. The molecule has 1 heterocycles. The van der Waals surface area contributed by atoms with Crippen LogP contribution in [0.1, 0.15) is 40.0 Å². The molecule has 1 N–H and O–H groups in total. The second-order valence-electron chi connectivity index (χ2n) is 6.03. The Hall–Kier alpha value is -1.85. The normalized spacial score (nSPS) is 21.6. The summed E-state index contributed by atoms with van der Waals surface area (Å²) >= 11 is 0. The van der Waals surface area contributed by atoms with Gasteiger partial charge in [0, 0.05) is 6.04 Å². The summed E-state index contributed by atoms with van der Waals surface area (Å²) in [5, 5.41) is 8.27. The van der Waals surface area contributed by atoms with Gasteiger partial charge in [-0.25, -0.2) is 5.26 Å². The van der Waals surface area contributed by atoms with Crippen molar-refractivity contribution in [2.24, 2.45) is 5.92 Å². The summed E-state index contributed by atoms with van der Waals surface area (Å²) in [4.78, 5) is 17.6. The molecule has 2 aliphatic rings. The molecular formula is C20H31NO4. The molecule has 1 fully saturated rings. The lowest BCUT2D eigenvalue weighted by molar-refractivity contribution is -0.139. The van der Waals surface area contributed by atoms with E-state index in [2.05, 4.69) is 22.9 Å². The van der Waals surface area contributed by atoms with E-state index in [1.54, 1.807) is 31.2 Å². The van der Waals surface area contributed by atoms with Crippen LogP contribution in [-0.2, 0) is 4.79 Å². The number of nitrogens with zero attached hydrogens (tertiary/aromatic N) is 1. The van der Waals surface area contributed by atoms with Gasteiger partial charge in [-0.3, -0.25) is 4.79 Å². The lowest BCUT2D eigenvalue weighted by Gasteiger charge is -2.27. The highest BCUT2D eigenvalue weighted by Crippen LogP contribution is 2.34. The molecule has 0 bridgehead atoms. The Balaban J connectivity index is 0.000000235. The predicted molar refractivity (Wildman–Crippen MR) is 100 cm³/mol. The fraction of sp³-hybridized carbons (Fsp3) is 0.550. The van der Waals surface area contributed by atoms with Gasteiger partial charge < -0.3 is 14.5 Å². The standard InChI is InChI=1S/C11H17NO.C7H8O3.C2H6/c1-8(13)9-3-4-11-10(7-9)5-6-12(11)2;1-9-6-4-2-3-5-7(6)10-8;1-2/h7,10-11H,3-6H2,1-2H3;2-5,8H,1H3;1-2H3. The summed E-state index contributed by atoms with van der Waals surface area (Å²) in [7, 11) is 3.70. The molecule has 2 atom stereocenters. The summed E-state index contributed by atoms with van der Waals surface area (Å²) in [6.07, 6.45) is 5.62. The minimum atomic E-state index is 0.271. The first-order valence-electron chi connectivity index (χ1n) is 8.93. The number of rotatable bonds is 3. The van der Waals surface area contributed by atoms with E-state index in [1.165, 1.54) is 26.5 Å². The second kappa shape index (κ2) is 10.9. The molecule has 3 rings (SSSR count). The molecule has 0 saturated carbocycles. The molecule has 0 spiro atoms. The first-order valence-corrected chi connectivity index (χ1v) is 8.93. The minimum Gasteiger partial charge on any atom is -0.493 e. The van der Waals surface area contributed by atoms with Gasteiger partial charge in [-0.05, 0) is 63.4 Å². The largest absolute Gasteiger partial charge is 0.493 e. The van der Waals surface area contributed by atoms with Gasteiger partial charge in [0.15, 0.2) is 11.5 Å². The number of hydrogen-bond acceptors (Lipinski definition) is 5. The smallest absolute Gasteiger partial charge is 0.206 e. The van der Waals surface area contributed by atoms with Gasteiger partial charge in [0.2, 0.25) is 5.75 Å². The Morgan fingerprint density at radius 3 is 2.36 bits per heavy atom. The van der Waals surface area contributed by atoms with Crippen LogP contribution in [0.25, 0.3) is 0 Å². The molecule has 0 aromatic heterocycles. The van der Waals surface area contributed by atoms with Crippen LogP contribution < -0.4 is 9.62 Å². The topological polar surface area (TPSA) is 59.0 Å². The molecule has 1 aromatic carbocycles. The van der Waals surface area contributed by atoms with E-state index in [4.69, 9.17) is 9.99 Å². The van der Waals surface area contributed by atoms with Crippen LogP contribution in [-0.4, -0.2) is 42.7 Å². The van der Waals surface area contributed by atoms with Crippen molar-refractivity contribution in [2.45, 2.75) is 46.1 Å². The summed E-state index contributed by atoms with van der Waals surface area (Å²) in [5.41, 5.74) is 1.07. The number of fused-ring (bicyclic) bond motifs is 1. The molecule has 1 aliphatic carbocycles. The van der Waals surface area contributed by atoms with Gasteiger partial charge in [0.1, 0.15) is 0 Å². The van der Waals surface area contributed by atoms with E-state index in [0.29, 0.717) is 23.5 Å². The van der Waals surface area contributed by atoms with Crippen LogP contribution in [0.5, 0.6) is 11.5 Å². The van der Waals surface area contributed by atoms with Crippen molar-refractivity contribution in [3.63, 3.8) is 0 Å². The zero-order valence-electron chi connectivity index (χ0n) is 16.0. The maximum Gasteiger partial charge on any atom is 0.206 e.